The van der Waals surface area contributed by atoms with E-state index in [1.807, 2.05) is 24.3 Å². The number of carbonyl (C=O) groups is 1. The van der Waals surface area contributed by atoms with E-state index in [1.54, 1.807) is 0 Å². The summed E-state index contributed by atoms with van der Waals surface area (Å²) >= 11 is 0. The van der Waals surface area contributed by atoms with Crippen molar-refractivity contribution in [2.75, 3.05) is 0 Å². The van der Waals surface area contributed by atoms with Crippen molar-refractivity contribution in [2.45, 2.75) is 20.3 Å². The van der Waals surface area contributed by atoms with Crippen molar-refractivity contribution in [3.05, 3.63) is 54.1 Å². The van der Waals surface area contributed by atoms with Gasteiger partial charge in [0.1, 0.15) is 5.75 Å². The first-order valence-corrected chi connectivity index (χ1v) is 6.82. The molecule has 2 nitrogen and oxygen atoms in total. The van der Waals surface area contributed by atoms with Crippen molar-refractivity contribution in [2.24, 2.45) is 0 Å². The minimum absolute atomic E-state index is 0.287. The molecule has 0 aliphatic heterocycles. The SMILES string of the molecule is CCc1ccc2cc3ccccc3c(OC(C)=O)c2c1. The first-order valence-electron chi connectivity index (χ1n) is 6.82. The minimum Gasteiger partial charge on any atom is -0.425 e. The van der Waals surface area contributed by atoms with Gasteiger partial charge in [0.15, 0.2) is 0 Å². The van der Waals surface area contributed by atoms with Crippen molar-refractivity contribution in [1.29, 1.82) is 0 Å². The monoisotopic (exact) mass is 264 g/mol. The van der Waals surface area contributed by atoms with Gasteiger partial charge in [0.25, 0.3) is 0 Å². The lowest BCUT2D eigenvalue weighted by atomic mass is 9.99. The highest BCUT2D eigenvalue weighted by molar-refractivity contribution is 6.06. The smallest absolute Gasteiger partial charge is 0.308 e. The molecule has 0 bridgehead atoms. The van der Waals surface area contributed by atoms with Gasteiger partial charge in [0.05, 0.1) is 0 Å². The van der Waals surface area contributed by atoms with E-state index in [1.165, 1.54) is 12.5 Å². The van der Waals surface area contributed by atoms with E-state index in [2.05, 4.69) is 31.2 Å². The molecule has 0 heterocycles. The van der Waals surface area contributed by atoms with Crippen LogP contribution in [0.25, 0.3) is 21.5 Å². The summed E-state index contributed by atoms with van der Waals surface area (Å²) in [5.41, 5.74) is 1.24. The van der Waals surface area contributed by atoms with Crippen molar-refractivity contribution in [1.82, 2.24) is 0 Å². The number of benzene rings is 3. The van der Waals surface area contributed by atoms with Crippen LogP contribution in [0.15, 0.2) is 48.5 Å². The molecule has 0 aliphatic rings. The molecule has 0 saturated heterocycles. The third kappa shape index (κ3) is 2.14. The summed E-state index contributed by atoms with van der Waals surface area (Å²) in [4.78, 5) is 11.4. The topological polar surface area (TPSA) is 26.3 Å². The fourth-order valence-electron chi connectivity index (χ4n) is 2.54. The number of rotatable bonds is 2. The molecule has 0 fully saturated rings. The van der Waals surface area contributed by atoms with Gasteiger partial charge in [-0.1, -0.05) is 43.3 Å². The molecule has 0 unspecified atom stereocenters. The summed E-state index contributed by atoms with van der Waals surface area (Å²) in [6.45, 7) is 3.56. The zero-order chi connectivity index (χ0) is 14.1. The van der Waals surface area contributed by atoms with Crippen LogP contribution in [0, 0.1) is 0 Å². The van der Waals surface area contributed by atoms with Crippen LogP contribution in [-0.2, 0) is 11.2 Å². The number of fused-ring (bicyclic) bond motifs is 2. The van der Waals surface area contributed by atoms with E-state index in [0.717, 1.165) is 28.0 Å². The first-order chi connectivity index (χ1) is 9.69. The molecule has 0 amide bonds. The van der Waals surface area contributed by atoms with Crippen LogP contribution < -0.4 is 4.74 Å². The number of ether oxygens (including phenoxy) is 1. The lowest BCUT2D eigenvalue weighted by Crippen LogP contribution is -2.02. The van der Waals surface area contributed by atoms with Gasteiger partial charge in [-0.2, -0.15) is 0 Å². The molecule has 0 spiro atoms. The predicted molar refractivity (Wildman–Crippen MR) is 82.1 cm³/mol. The van der Waals surface area contributed by atoms with Crippen LogP contribution >= 0.6 is 0 Å². The molecule has 3 aromatic rings. The molecule has 0 radical (unpaired) electrons. The van der Waals surface area contributed by atoms with Gasteiger partial charge in [-0.3, -0.25) is 4.79 Å². The second kappa shape index (κ2) is 4.97. The molecule has 20 heavy (non-hydrogen) atoms. The lowest BCUT2D eigenvalue weighted by Gasteiger charge is -2.11. The molecule has 2 heteroatoms. The van der Waals surface area contributed by atoms with Crippen LogP contribution in [0.5, 0.6) is 5.75 Å². The van der Waals surface area contributed by atoms with E-state index < -0.39 is 0 Å². The van der Waals surface area contributed by atoms with Crippen LogP contribution in [-0.4, -0.2) is 5.97 Å². The third-order valence-electron chi connectivity index (χ3n) is 3.53. The summed E-state index contributed by atoms with van der Waals surface area (Å²) in [5, 5.41) is 4.15. The number of hydrogen-bond acceptors (Lipinski definition) is 2. The second-order valence-corrected chi connectivity index (χ2v) is 4.93. The van der Waals surface area contributed by atoms with Gasteiger partial charge < -0.3 is 4.74 Å². The van der Waals surface area contributed by atoms with Crippen LogP contribution in [0.3, 0.4) is 0 Å². The van der Waals surface area contributed by atoms with Crippen molar-refractivity contribution in [3.63, 3.8) is 0 Å². The summed E-state index contributed by atoms with van der Waals surface area (Å²) in [7, 11) is 0. The van der Waals surface area contributed by atoms with E-state index in [-0.39, 0.29) is 5.97 Å². The Balaban J connectivity index is 2.41. The zero-order valence-electron chi connectivity index (χ0n) is 11.6. The normalized spacial score (nSPS) is 10.9. The van der Waals surface area contributed by atoms with Crippen molar-refractivity contribution >= 4 is 27.5 Å². The number of esters is 1. The molecule has 0 N–H and O–H groups in total. The van der Waals surface area contributed by atoms with Crippen molar-refractivity contribution in [3.8, 4) is 5.75 Å². The summed E-state index contributed by atoms with van der Waals surface area (Å²) < 4.78 is 5.50. The Morgan fingerprint density at radius 2 is 1.75 bits per heavy atom. The number of aryl methyl sites for hydroxylation is 1. The van der Waals surface area contributed by atoms with Crippen LogP contribution in [0.1, 0.15) is 19.4 Å². The quantitative estimate of drug-likeness (QED) is 0.387. The fraction of sp³-hybridized carbons (Fsp3) is 0.167. The molecule has 3 rings (SSSR count). The second-order valence-electron chi connectivity index (χ2n) is 4.93. The summed E-state index contributed by atoms with van der Waals surface area (Å²) in [6.07, 6.45) is 0.961. The Labute approximate surface area is 118 Å². The molecule has 0 aliphatic carbocycles. The van der Waals surface area contributed by atoms with Gasteiger partial charge in [0, 0.05) is 17.7 Å². The lowest BCUT2D eigenvalue weighted by molar-refractivity contribution is -0.131. The Hall–Kier alpha value is -2.35. The molecule has 0 saturated carbocycles. The molecular formula is C18H16O2. The Bertz CT molecular complexity index is 803. The fourth-order valence-corrected chi connectivity index (χ4v) is 2.54. The maximum absolute atomic E-state index is 11.4. The number of carbonyl (C=O) groups excluding carboxylic acids is 1. The predicted octanol–water partition coefficient (Wildman–Crippen LogP) is 4.48. The molecule has 0 aromatic heterocycles. The van der Waals surface area contributed by atoms with Gasteiger partial charge in [-0.25, -0.2) is 0 Å². The molecule has 3 aromatic carbocycles. The average Bonchev–Trinajstić information content (AvgIpc) is 2.46. The van der Waals surface area contributed by atoms with Gasteiger partial charge in [-0.15, -0.1) is 0 Å². The third-order valence-corrected chi connectivity index (χ3v) is 3.53. The highest BCUT2D eigenvalue weighted by atomic mass is 16.5. The van der Waals surface area contributed by atoms with E-state index in [4.69, 9.17) is 4.74 Å². The highest BCUT2D eigenvalue weighted by Gasteiger charge is 2.11. The highest BCUT2D eigenvalue weighted by Crippen LogP contribution is 2.35. The van der Waals surface area contributed by atoms with Gasteiger partial charge >= 0.3 is 5.97 Å². The standard InChI is InChI=1S/C18H16O2/c1-3-13-8-9-15-11-14-6-4-5-7-16(14)18(17(15)10-13)20-12(2)19/h4-11H,3H2,1-2H3. The maximum atomic E-state index is 11.4. The maximum Gasteiger partial charge on any atom is 0.308 e. The van der Waals surface area contributed by atoms with Crippen molar-refractivity contribution < 1.29 is 9.53 Å². The van der Waals surface area contributed by atoms with E-state index in [0.29, 0.717) is 5.75 Å². The Morgan fingerprint density at radius 3 is 2.50 bits per heavy atom. The first kappa shape index (κ1) is 12.7. The largest absolute Gasteiger partial charge is 0.425 e. The van der Waals surface area contributed by atoms with Gasteiger partial charge in [-0.05, 0) is 34.9 Å². The summed E-state index contributed by atoms with van der Waals surface area (Å²) in [5.74, 6) is 0.380. The van der Waals surface area contributed by atoms with Crippen LogP contribution in [0.4, 0.5) is 0 Å². The minimum atomic E-state index is -0.287. The van der Waals surface area contributed by atoms with E-state index in [9.17, 15) is 4.79 Å². The van der Waals surface area contributed by atoms with Crippen LogP contribution in [0.2, 0.25) is 0 Å². The Kier molecular flexibility index (Phi) is 3.15. The molecule has 100 valence electrons. The zero-order valence-corrected chi connectivity index (χ0v) is 11.6. The van der Waals surface area contributed by atoms with Gasteiger partial charge in [0.2, 0.25) is 0 Å². The average molecular weight is 264 g/mol. The molecule has 0 atom stereocenters. The van der Waals surface area contributed by atoms with E-state index >= 15 is 0 Å². The molecular weight excluding hydrogens is 248 g/mol. The summed E-state index contributed by atoms with van der Waals surface area (Å²) in [6, 6.07) is 16.4. The number of hydrogen-bond donors (Lipinski definition) is 0. The Morgan fingerprint density at radius 1 is 1.00 bits per heavy atom.